The standard InChI is InChI=1S/C23H29FN2O3S/c1-16-13-17(5-7-19(16)20-8-6-18(29-2)14-21(20)24)15-25-23(22(27)26-28)9-11-30(3,4)12-10-23/h5-8,13-14,25,28H,3-4,9-12,15H2,1-2H3,(H,26,27). The lowest BCUT2D eigenvalue weighted by Crippen LogP contribution is -2.58. The SMILES string of the molecule is C=S1(=C)CCC(NCc2ccc(-c3ccc(OC)cc3F)c(C)c2)(C(=O)NO)CC1. The molecule has 2 aromatic carbocycles. The van der Waals surface area contributed by atoms with Crippen molar-refractivity contribution in [3.63, 3.8) is 0 Å². The van der Waals surface area contributed by atoms with Gasteiger partial charge in [-0.3, -0.25) is 15.3 Å². The molecule has 0 unspecified atom stereocenters. The van der Waals surface area contributed by atoms with Crippen LogP contribution in [0.25, 0.3) is 11.1 Å². The number of carbonyl (C=O) groups excluding carboxylic acids is 1. The molecule has 30 heavy (non-hydrogen) atoms. The van der Waals surface area contributed by atoms with Gasteiger partial charge in [0.1, 0.15) is 17.1 Å². The number of nitrogens with one attached hydrogen (secondary N) is 2. The van der Waals surface area contributed by atoms with Gasteiger partial charge in [-0.15, -0.1) is 0 Å². The molecule has 0 bridgehead atoms. The van der Waals surface area contributed by atoms with E-state index in [1.807, 2.05) is 30.6 Å². The Morgan fingerprint density at radius 2 is 1.87 bits per heavy atom. The number of hydroxylamine groups is 1. The summed E-state index contributed by atoms with van der Waals surface area (Å²) in [5.41, 5.74) is 4.20. The Labute approximate surface area is 177 Å². The molecule has 1 fully saturated rings. The molecule has 1 aliphatic rings. The Hall–Kier alpha value is -2.35. The molecule has 3 rings (SSSR count). The van der Waals surface area contributed by atoms with Gasteiger partial charge in [-0.1, -0.05) is 29.9 Å². The first-order valence-corrected chi connectivity index (χ1v) is 12.1. The van der Waals surface area contributed by atoms with E-state index in [9.17, 15) is 14.4 Å². The van der Waals surface area contributed by atoms with E-state index in [1.165, 1.54) is 13.2 Å². The van der Waals surface area contributed by atoms with E-state index in [0.29, 0.717) is 30.7 Å². The maximum absolute atomic E-state index is 14.5. The van der Waals surface area contributed by atoms with E-state index in [0.717, 1.165) is 28.2 Å². The maximum Gasteiger partial charge on any atom is 0.263 e. The van der Waals surface area contributed by atoms with Crippen molar-refractivity contribution >= 4 is 26.9 Å². The molecular weight excluding hydrogens is 403 g/mol. The van der Waals surface area contributed by atoms with Gasteiger partial charge < -0.3 is 4.74 Å². The second-order valence-electron chi connectivity index (χ2n) is 8.00. The van der Waals surface area contributed by atoms with E-state index < -0.39 is 20.7 Å². The Balaban J connectivity index is 1.79. The van der Waals surface area contributed by atoms with Crippen molar-refractivity contribution in [3.05, 3.63) is 53.3 Å². The molecule has 1 saturated heterocycles. The summed E-state index contributed by atoms with van der Waals surface area (Å²) in [6.45, 7) is 2.39. The molecule has 0 spiro atoms. The summed E-state index contributed by atoms with van der Waals surface area (Å²) < 4.78 is 19.5. The summed E-state index contributed by atoms with van der Waals surface area (Å²) in [5, 5.41) is 12.6. The number of hydrogen-bond donors (Lipinski definition) is 3. The van der Waals surface area contributed by atoms with Gasteiger partial charge in [0, 0.05) is 18.2 Å². The monoisotopic (exact) mass is 432 g/mol. The number of hydrogen-bond acceptors (Lipinski definition) is 4. The molecule has 1 heterocycles. The van der Waals surface area contributed by atoms with Gasteiger partial charge >= 0.3 is 0 Å². The van der Waals surface area contributed by atoms with Crippen molar-refractivity contribution in [1.29, 1.82) is 0 Å². The Bertz CT molecular complexity index is 1040. The van der Waals surface area contributed by atoms with E-state index >= 15 is 0 Å². The van der Waals surface area contributed by atoms with E-state index in [4.69, 9.17) is 4.74 Å². The molecule has 0 radical (unpaired) electrons. The highest BCUT2D eigenvalue weighted by molar-refractivity contribution is 8.27. The molecule has 1 amide bonds. The fourth-order valence-corrected chi connectivity index (χ4v) is 5.62. The Morgan fingerprint density at radius 1 is 1.20 bits per heavy atom. The van der Waals surface area contributed by atoms with E-state index in [2.05, 4.69) is 17.1 Å². The second-order valence-corrected chi connectivity index (χ2v) is 11.3. The fraction of sp³-hybridized carbons (Fsp3) is 0.348. The van der Waals surface area contributed by atoms with Crippen molar-refractivity contribution in [1.82, 2.24) is 10.8 Å². The van der Waals surface area contributed by atoms with Crippen LogP contribution in [-0.4, -0.2) is 47.0 Å². The number of aryl methyl sites for hydroxylation is 1. The molecular formula is C23H29FN2O3S. The first-order valence-electron chi connectivity index (χ1n) is 9.77. The van der Waals surface area contributed by atoms with Gasteiger partial charge in [0.15, 0.2) is 0 Å². The van der Waals surface area contributed by atoms with Crippen LogP contribution in [0.1, 0.15) is 24.0 Å². The minimum Gasteiger partial charge on any atom is -0.497 e. The zero-order valence-corrected chi connectivity index (χ0v) is 18.3. The summed E-state index contributed by atoms with van der Waals surface area (Å²) in [5.74, 6) is 9.60. The number of halogens is 1. The predicted molar refractivity (Wildman–Crippen MR) is 123 cm³/mol. The first kappa shape index (κ1) is 22.3. The molecule has 7 heteroatoms. The smallest absolute Gasteiger partial charge is 0.263 e. The third kappa shape index (κ3) is 4.69. The third-order valence-electron chi connectivity index (χ3n) is 5.85. The molecule has 162 valence electrons. The van der Waals surface area contributed by atoms with Crippen LogP contribution in [0, 0.1) is 12.7 Å². The van der Waals surface area contributed by atoms with E-state index in [-0.39, 0.29) is 5.82 Å². The molecule has 0 aliphatic carbocycles. The molecule has 3 N–H and O–H groups in total. The lowest BCUT2D eigenvalue weighted by Gasteiger charge is -2.39. The van der Waals surface area contributed by atoms with Crippen LogP contribution >= 0.6 is 9.21 Å². The fourth-order valence-electron chi connectivity index (χ4n) is 3.85. The van der Waals surface area contributed by atoms with Crippen LogP contribution in [0.4, 0.5) is 4.39 Å². The van der Waals surface area contributed by atoms with Crippen molar-refractivity contribution < 1.29 is 19.1 Å². The molecule has 5 nitrogen and oxygen atoms in total. The second kappa shape index (κ2) is 8.79. The molecule has 0 atom stereocenters. The highest BCUT2D eigenvalue weighted by Gasteiger charge is 2.40. The van der Waals surface area contributed by atoms with Crippen LogP contribution in [0.3, 0.4) is 0 Å². The van der Waals surface area contributed by atoms with Crippen molar-refractivity contribution in [2.75, 3.05) is 18.6 Å². The zero-order valence-electron chi connectivity index (χ0n) is 17.5. The van der Waals surface area contributed by atoms with E-state index in [1.54, 1.807) is 12.1 Å². The van der Waals surface area contributed by atoms with Gasteiger partial charge in [0.05, 0.1) is 7.11 Å². The largest absolute Gasteiger partial charge is 0.497 e. The number of rotatable bonds is 6. The Kier molecular flexibility index (Phi) is 6.55. The average molecular weight is 433 g/mol. The molecule has 1 aliphatic heterocycles. The summed E-state index contributed by atoms with van der Waals surface area (Å²) >= 11 is 0. The topological polar surface area (TPSA) is 70.6 Å². The van der Waals surface area contributed by atoms with Crippen LogP contribution in [0.15, 0.2) is 36.4 Å². The first-order chi connectivity index (χ1) is 14.2. The van der Waals surface area contributed by atoms with Crippen LogP contribution < -0.4 is 15.5 Å². The highest BCUT2D eigenvalue weighted by atomic mass is 32.2. The lowest BCUT2D eigenvalue weighted by atomic mass is 9.90. The minimum absolute atomic E-state index is 0.337. The van der Waals surface area contributed by atoms with Crippen LogP contribution in [0.5, 0.6) is 5.75 Å². The average Bonchev–Trinajstić information content (AvgIpc) is 2.73. The molecule has 0 aromatic heterocycles. The number of methoxy groups -OCH3 is 1. The van der Waals surface area contributed by atoms with Crippen molar-refractivity contribution in [2.45, 2.75) is 31.8 Å². The predicted octanol–water partition coefficient (Wildman–Crippen LogP) is 3.61. The number of amides is 1. The van der Waals surface area contributed by atoms with Gasteiger partial charge in [0.2, 0.25) is 0 Å². The van der Waals surface area contributed by atoms with Gasteiger partial charge in [-0.2, -0.15) is 0 Å². The number of benzene rings is 2. The van der Waals surface area contributed by atoms with Gasteiger partial charge in [0.25, 0.3) is 5.91 Å². The van der Waals surface area contributed by atoms with Crippen LogP contribution in [0.2, 0.25) is 0 Å². The number of carbonyl (C=O) groups is 1. The molecule has 0 saturated carbocycles. The summed E-state index contributed by atoms with van der Waals surface area (Å²) in [4.78, 5) is 12.4. The maximum atomic E-state index is 14.5. The van der Waals surface area contributed by atoms with Crippen molar-refractivity contribution in [2.24, 2.45) is 0 Å². The highest BCUT2D eigenvalue weighted by Crippen LogP contribution is 2.35. The summed E-state index contributed by atoms with van der Waals surface area (Å²) in [6.07, 6.45) is 1.16. The number of ether oxygens (including phenoxy) is 1. The zero-order chi connectivity index (χ0) is 21.9. The Morgan fingerprint density at radius 3 is 2.43 bits per heavy atom. The van der Waals surface area contributed by atoms with Gasteiger partial charge in [-0.25, -0.2) is 19.1 Å². The van der Waals surface area contributed by atoms with Crippen molar-refractivity contribution in [3.8, 4) is 16.9 Å². The summed E-state index contributed by atoms with van der Waals surface area (Å²) in [7, 11) is 0.330. The van der Waals surface area contributed by atoms with Crippen LogP contribution in [-0.2, 0) is 11.3 Å². The quantitative estimate of drug-likeness (QED) is 0.371. The summed E-state index contributed by atoms with van der Waals surface area (Å²) in [6, 6.07) is 10.6. The normalized spacial score (nSPS) is 17.3. The third-order valence-corrected chi connectivity index (χ3v) is 7.99. The minimum atomic E-state index is -1.18. The lowest BCUT2D eigenvalue weighted by molar-refractivity contribution is -0.136. The van der Waals surface area contributed by atoms with Gasteiger partial charge in [-0.05, 0) is 60.1 Å². The molecule has 2 aromatic rings.